The molecule has 178 valence electrons. The maximum Gasteiger partial charge on any atom is -0.000706 e. The van der Waals surface area contributed by atoms with Crippen molar-refractivity contribution in [3.8, 4) is 55.6 Å². The van der Waals surface area contributed by atoms with E-state index in [0.717, 1.165) is 12.8 Å². The van der Waals surface area contributed by atoms with E-state index in [1.54, 1.807) is 0 Å². The molecule has 0 aromatic heterocycles. The lowest BCUT2D eigenvalue weighted by Gasteiger charge is -2.17. The van der Waals surface area contributed by atoms with Crippen LogP contribution in [0.2, 0.25) is 0 Å². The Morgan fingerprint density at radius 1 is 0.289 bits per heavy atom. The lowest BCUT2D eigenvalue weighted by molar-refractivity contribution is 1.26. The molecule has 0 atom stereocenters. The van der Waals surface area contributed by atoms with E-state index in [2.05, 4.69) is 133 Å². The van der Waals surface area contributed by atoms with Gasteiger partial charge in [-0.15, -0.1) is 0 Å². The normalized spacial score (nSPS) is 12.5. The fourth-order valence-corrected chi connectivity index (χ4v) is 6.64. The molecule has 2 aliphatic carbocycles. The molecular weight excluding hydrogens is 456 g/mol. The van der Waals surface area contributed by atoms with Crippen LogP contribution in [0.15, 0.2) is 133 Å². The quantitative estimate of drug-likeness (QED) is 0.235. The van der Waals surface area contributed by atoms with E-state index in [0.29, 0.717) is 0 Å². The number of hydrogen-bond donors (Lipinski definition) is 0. The summed E-state index contributed by atoms with van der Waals surface area (Å²) in [6, 6.07) is 49.2. The highest BCUT2D eigenvalue weighted by Crippen LogP contribution is 2.46. The molecule has 8 rings (SSSR count). The van der Waals surface area contributed by atoms with Gasteiger partial charge in [-0.05, 0) is 90.7 Å². The Labute approximate surface area is 223 Å². The zero-order chi connectivity index (χ0) is 25.1. The zero-order valence-electron chi connectivity index (χ0n) is 21.1. The fourth-order valence-electron chi connectivity index (χ4n) is 6.64. The molecule has 6 aromatic rings. The van der Waals surface area contributed by atoms with Crippen molar-refractivity contribution in [2.75, 3.05) is 0 Å². The molecule has 0 spiro atoms. The van der Waals surface area contributed by atoms with Crippen molar-refractivity contribution in [2.24, 2.45) is 0 Å². The second-order valence-electron chi connectivity index (χ2n) is 10.5. The minimum absolute atomic E-state index is 0.984. The van der Waals surface area contributed by atoms with Crippen molar-refractivity contribution in [3.05, 3.63) is 156 Å². The number of hydrogen-bond acceptors (Lipinski definition) is 0. The minimum atomic E-state index is 0.984. The third-order valence-electron chi connectivity index (χ3n) is 8.41. The SMILES string of the molecule is c1ccc(-c2c(-c3ccc(-c4cccc5c4Cc4ccccc4-5)cc3)ccc3c2Cc2ccccc2-3)cc1. The summed E-state index contributed by atoms with van der Waals surface area (Å²) in [5.41, 5.74) is 19.1. The molecule has 38 heavy (non-hydrogen) atoms. The van der Waals surface area contributed by atoms with Crippen LogP contribution in [0.4, 0.5) is 0 Å². The molecule has 0 saturated heterocycles. The van der Waals surface area contributed by atoms with E-state index in [1.165, 1.54) is 77.9 Å². The summed E-state index contributed by atoms with van der Waals surface area (Å²) < 4.78 is 0. The fraction of sp³-hybridized carbons (Fsp3) is 0.0526. The van der Waals surface area contributed by atoms with Gasteiger partial charge < -0.3 is 0 Å². The standard InChI is InChI=1S/C38H26/c1-2-9-27(10-3-1)38-33(21-22-35-32-14-7-5-12-29(32)24-37(35)38)26-19-17-25(18-20-26)30-15-8-16-34-31-13-6-4-11-28(31)23-36(30)34/h1-22H,23-24H2. The average Bonchev–Trinajstić information content (AvgIpc) is 3.56. The van der Waals surface area contributed by atoms with Gasteiger partial charge in [-0.1, -0.05) is 133 Å². The van der Waals surface area contributed by atoms with Gasteiger partial charge in [0, 0.05) is 0 Å². The second-order valence-corrected chi connectivity index (χ2v) is 10.5. The Kier molecular flexibility index (Phi) is 4.75. The molecule has 6 aromatic carbocycles. The molecular formula is C38H26. The first kappa shape index (κ1) is 21.4. The highest BCUT2D eigenvalue weighted by molar-refractivity contribution is 5.94. The summed E-state index contributed by atoms with van der Waals surface area (Å²) >= 11 is 0. The van der Waals surface area contributed by atoms with E-state index in [1.807, 2.05) is 0 Å². The highest BCUT2D eigenvalue weighted by atomic mass is 14.3. The molecule has 0 radical (unpaired) electrons. The van der Waals surface area contributed by atoms with Gasteiger partial charge >= 0.3 is 0 Å². The molecule has 0 aliphatic heterocycles. The molecule has 0 nitrogen and oxygen atoms in total. The number of benzene rings is 6. The van der Waals surface area contributed by atoms with Crippen LogP contribution in [-0.4, -0.2) is 0 Å². The predicted molar refractivity (Wildman–Crippen MR) is 159 cm³/mol. The Bertz CT molecular complexity index is 1840. The molecule has 0 unspecified atom stereocenters. The smallest absolute Gasteiger partial charge is 0.000706 e. The van der Waals surface area contributed by atoms with Crippen LogP contribution in [0.3, 0.4) is 0 Å². The van der Waals surface area contributed by atoms with Crippen molar-refractivity contribution >= 4 is 0 Å². The van der Waals surface area contributed by atoms with Gasteiger partial charge in [0.2, 0.25) is 0 Å². The van der Waals surface area contributed by atoms with E-state index in [9.17, 15) is 0 Å². The van der Waals surface area contributed by atoms with E-state index in [-0.39, 0.29) is 0 Å². The average molecular weight is 483 g/mol. The summed E-state index contributed by atoms with van der Waals surface area (Å²) in [7, 11) is 0. The number of rotatable bonds is 3. The van der Waals surface area contributed by atoms with Crippen LogP contribution in [-0.2, 0) is 12.8 Å². The molecule has 0 N–H and O–H groups in total. The van der Waals surface area contributed by atoms with Gasteiger partial charge in [0.1, 0.15) is 0 Å². The van der Waals surface area contributed by atoms with Crippen LogP contribution >= 0.6 is 0 Å². The molecule has 0 bridgehead atoms. The van der Waals surface area contributed by atoms with Crippen LogP contribution in [0.25, 0.3) is 55.6 Å². The predicted octanol–water partition coefficient (Wildman–Crippen LogP) is 9.83. The summed E-state index contributed by atoms with van der Waals surface area (Å²) in [6.07, 6.45) is 1.99. The van der Waals surface area contributed by atoms with Crippen LogP contribution in [0.1, 0.15) is 22.3 Å². The van der Waals surface area contributed by atoms with Crippen LogP contribution in [0.5, 0.6) is 0 Å². The third kappa shape index (κ3) is 3.24. The van der Waals surface area contributed by atoms with Crippen molar-refractivity contribution in [1.82, 2.24) is 0 Å². The molecule has 0 amide bonds. The molecule has 0 heterocycles. The maximum atomic E-state index is 2.33. The van der Waals surface area contributed by atoms with E-state index in [4.69, 9.17) is 0 Å². The van der Waals surface area contributed by atoms with Gasteiger partial charge in [-0.2, -0.15) is 0 Å². The van der Waals surface area contributed by atoms with E-state index < -0.39 is 0 Å². The van der Waals surface area contributed by atoms with Crippen LogP contribution in [0, 0.1) is 0 Å². The Morgan fingerprint density at radius 3 is 1.50 bits per heavy atom. The summed E-state index contributed by atoms with van der Waals surface area (Å²) in [5.74, 6) is 0. The van der Waals surface area contributed by atoms with Crippen molar-refractivity contribution in [1.29, 1.82) is 0 Å². The Hall–Kier alpha value is -4.68. The molecule has 0 fully saturated rings. The topological polar surface area (TPSA) is 0 Å². The van der Waals surface area contributed by atoms with Gasteiger partial charge in [-0.3, -0.25) is 0 Å². The first-order valence-corrected chi connectivity index (χ1v) is 13.5. The molecule has 0 saturated carbocycles. The summed E-state index contributed by atoms with van der Waals surface area (Å²) in [4.78, 5) is 0. The van der Waals surface area contributed by atoms with Crippen molar-refractivity contribution in [2.45, 2.75) is 12.8 Å². The highest BCUT2D eigenvalue weighted by Gasteiger charge is 2.24. The lowest BCUT2D eigenvalue weighted by atomic mass is 9.87. The van der Waals surface area contributed by atoms with Gasteiger partial charge in [0.15, 0.2) is 0 Å². The first-order chi connectivity index (χ1) is 18.8. The first-order valence-electron chi connectivity index (χ1n) is 13.5. The third-order valence-corrected chi connectivity index (χ3v) is 8.41. The summed E-state index contributed by atoms with van der Waals surface area (Å²) in [5, 5.41) is 0. The molecule has 0 heteroatoms. The Balaban J connectivity index is 1.24. The van der Waals surface area contributed by atoms with Crippen molar-refractivity contribution < 1.29 is 0 Å². The number of fused-ring (bicyclic) bond motifs is 6. The largest absolute Gasteiger partial charge is 0.0622 e. The second kappa shape index (κ2) is 8.43. The monoisotopic (exact) mass is 482 g/mol. The molecule has 2 aliphatic rings. The van der Waals surface area contributed by atoms with Gasteiger partial charge in [-0.25, -0.2) is 0 Å². The Morgan fingerprint density at radius 2 is 0.789 bits per heavy atom. The van der Waals surface area contributed by atoms with Crippen molar-refractivity contribution in [3.63, 3.8) is 0 Å². The van der Waals surface area contributed by atoms with Crippen LogP contribution < -0.4 is 0 Å². The maximum absolute atomic E-state index is 2.33. The minimum Gasteiger partial charge on any atom is -0.0622 e. The lowest BCUT2D eigenvalue weighted by Crippen LogP contribution is -1.93. The zero-order valence-corrected chi connectivity index (χ0v) is 21.1. The van der Waals surface area contributed by atoms with Gasteiger partial charge in [0.05, 0.1) is 0 Å². The summed E-state index contributed by atoms with van der Waals surface area (Å²) in [6.45, 7) is 0. The van der Waals surface area contributed by atoms with Gasteiger partial charge in [0.25, 0.3) is 0 Å². The van der Waals surface area contributed by atoms with E-state index >= 15 is 0 Å².